The number of rotatable bonds is 2. The van der Waals surface area contributed by atoms with Crippen LogP contribution >= 0.6 is 0 Å². The van der Waals surface area contributed by atoms with E-state index in [-0.39, 0.29) is 28.1 Å². The molecule has 36 heavy (non-hydrogen) atoms. The number of hydrogen-bond acceptors (Lipinski definition) is 4. The third-order valence-corrected chi connectivity index (χ3v) is 12.5. The molecule has 0 aromatic rings. The SMILES string of the molecule is CC1(C)C=C2C3=CCC4C5(C)CC(O)C(O)C(C)(C(=O)O)C5CCC4(C)C3(C)CCC2(C(=O)O)CC1. The third kappa shape index (κ3) is 2.92. The number of hydrogen-bond donors (Lipinski definition) is 4. The summed E-state index contributed by atoms with van der Waals surface area (Å²) in [6.07, 6.45) is 7.71. The molecule has 0 heterocycles. The van der Waals surface area contributed by atoms with Crippen molar-refractivity contribution in [1.82, 2.24) is 0 Å². The Kier molecular flexibility index (Phi) is 5.39. The molecule has 3 fully saturated rings. The number of aliphatic hydroxyl groups excluding tert-OH is 2. The van der Waals surface area contributed by atoms with E-state index >= 15 is 0 Å². The molecule has 9 atom stereocenters. The lowest BCUT2D eigenvalue weighted by Crippen LogP contribution is -2.68. The van der Waals surface area contributed by atoms with E-state index in [0.717, 1.165) is 31.3 Å². The van der Waals surface area contributed by atoms with Crippen molar-refractivity contribution in [3.8, 4) is 0 Å². The maximum absolute atomic E-state index is 12.7. The van der Waals surface area contributed by atoms with Gasteiger partial charge in [-0.05, 0) is 103 Å². The lowest BCUT2D eigenvalue weighted by molar-refractivity contribution is -0.237. The lowest BCUT2D eigenvalue weighted by atomic mass is 9.34. The van der Waals surface area contributed by atoms with E-state index in [0.29, 0.717) is 25.7 Å². The minimum Gasteiger partial charge on any atom is -0.481 e. The molecule has 5 aliphatic rings. The zero-order valence-electron chi connectivity index (χ0n) is 22.7. The van der Waals surface area contributed by atoms with E-state index in [1.165, 1.54) is 5.57 Å². The zero-order valence-corrected chi connectivity index (χ0v) is 22.7. The van der Waals surface area contributed by atoms with Gasteiger partial charge in [0.05, 0.1) is 23.0 Å². The van der Waals surface area contributed by atoms with E-state index in [2.05, 4.69) is 46.8 Å². The van der Waals surface area contributed by atoms with Crippen LogP contribution in [0.15, 0.2) is 23.3 Å². The fraction of sp³-hybridized carbons (Fsp3) is 0.800. The van der Waals surface area contributed by atoms with Crippen LogP contribution in [0.3, 0.4) is 0 Å². The molecule has 0 saturated heterocycles. The van der Waals surface area contributed by atoms with Crippen LogP contribution in [0.4, 0.5) is 0 Å². The number of carboxylic acid groups (broad SMARTS) is 2. The molecule has 6 heteroatoms. The van der Waals surface area contributed by atoms with Crippen LogP contribution in [0.5, 0.6) is 0 Å². The minimum absolute atomic E-state index is 0.0539. The Morgan fingerprint density at radius 3 is 2.08 bits per heavy atom. The standard InChI is InChI=1S/C30H44O6/c1-25(2)11-13-30(24(35)36)14-12-27(4)17(18(30)15-25)7-8-20-26(3)16-19(31)22(32)29(6,23(33)34)21(26)9-10-28(20,27)5/h7,15,19-22,31-32H,8-14,16H2,1-6H3,(H,33,34)(H,35,36). The highest BCUT2D eigenvalue weighted by molar-refractivity contribution is 5.82. The Bertz CT molecular complexity index is 1070. The summed E-state index contributed by atoms with van der Waals surface area (Å²) in [4.78, 5) is 25.3. The first-order valence-corrected chi connectivity index (χ1v) is 13.8. The monoisotopic (exact) mass is 500 g/mol. The molecule has 5 rings (SSSR count). The minimum atomic E-state index is -1.40. The predicted molar refractivity (Wildman–Crippen MR) is 136 cm³/mol. The summed E-state index contributed by atoms with van der Waals surface area (Å²) in [6.45, 7) is 12.8. The fourth-order valence-electron chi connectivity index (χ4n) is 10.1. The molecule has 9 unspecified atom stereocenters. The maximum Gasteiger partial charge on any atom is 0.314 e. The second kappa shape index (κ2) is 7.47. The van der Waals surface area contributed by atoms with Gasteiger partial charge in [0.15, 0.2) is 0 Å². The first-order chi connectivity index (χ1) is 16.5. The van der Waals surface area contributed by atoms with E-state index in [4.69, 9.17) is 0 Å². The van der Waals surface area contributed by atoms with Crippen LogP contribution in [0, 0.1) is 44.3 Å². The Morgan fingerprint density at radius 1 is 0.833 bits per heavy atom. The molecule has 0 aromatic carbocycles. The molecule has 0 aromatic heterocycles. The van der Waals surface area contributed by atoms with Gasteiger partial charge in [-0.1, -0.05) is 46.8 Å². The van der Waals surface area contributed by atoms with Gasteiger partial charge in [0.2, 0.25) is 0 Å². The Labute approximate surface area is 214 Å². The lowest BCUT2D eigenvalue weighted by Gasteiger charge is -2.70. The maximum atomic E-state index is 12.7. The fourth-order valence-corrected chi connectivity index (χ4v) is 10.1. The predicted octanol–water partition coefficient (Wildman–Crippen LogP) is 5.19. The van der Waals surface area contributed by atoms with Gasteiger partial charge < -0.3 is 20.4 Å². The first-order valence-electron chi connectivity index (χ1n) is 13.8. The Balaban J connectivity index is 1.66. The molecule has 6 nitrogen and oxygen atoms in total. The van der Waals surface area contributed by atoms with E-state index < -0.39 is 40.4 Å². The van der Waals surface area contributed by atoms with E-state index in [9.17, 15) is 30.0 Å². The second-order valence-corrected chi connectivity index (χ2v) is 14.5. The van der Waals surface area contributed by atoms with Gasteiger partial charge >= 0.3 is 11.9 Å². The third-order valence-electron chi connectivity index (χ3n) is 12.5. The van der Waals surface area contributed by atoms with Gasteiger partial charge in [-0.2, -0.15) is 0 Å². The second-order valence-electron chi connectivity index (χ2n) is 14.5. The number of fused-ring (bicyclic) bond motifs is 7. The van der Waals surface area contributed by atoms with Crippen molar-refractivity contribution in [1.29, 1.82) is 0 Å². The van der Waals surface area contributed by atoms with Crippen molar-refractivity contribution >= 4 is 11.9 Å². The number of allylic oxidation sites excluding steroid dienone is 3. The van der Waals surface area contributed by atoms with Crippen LogP contribution in [-0.2, 0) is 9.59 Å². The van der Waals surface area contributed by atoms with Gasteiger partial charge in [-0.25, -0.2) is 0 Å². The highest BCUT2D eigenvalue weighted by Gasteiger charge is 2.71. The van der Waals surface area contributed by atoms with E-state index in [1.54, 1.807) is 6.92 Å². The molecular formula is C30H44O6. The molecule has 0 bridgehead atoms. The summed E-state index contributed by atoms with van der Waals surface area (Å²) >= 11 is 0. The molecule has 3 saturated carbocycles. The summed E-state index contributed by atoms with van der Waals surface area (Å²) in [5, 5.41) is 42.5. The molecule has 4 N–H and O–H groups in total. The summed E-state index contributed by atoms with van der Waals surface area (Å²) in [6, 6.07) is 0. The van der Waals surface area contributed by atoms with Crippen LogP contribution in [0.2, 0.25) is 0 Å². The number of aliphatic hydroxyl groups is 2. The van der Waals surface area contributed by atoms with Crippen molar-refractivity contribution in [2.75, 3.05) is 0 Å². The summed E-state index contributed by atoms with van der Waals surface area (Å²) in [5.74, 6) is -1.86. The Hall–Kier alpha value is -1.66. The number of aliphatic carboxylic acids is 2. The molecular weight excluding hydrogens is 456 g/mol. The van der Waals surface area contributed by atoms with Crippen molar-refractivity contribution < 1.29 is 30.0 Å². The molecule has 0 radical (unpaired) electrons. The van der Waals surface area contributed by atoms with Crippen LogP contribution < -0.4 is 0 Å². The molecule has 0 aliphatic heterocycles. The highest BCUT2D eigenvalue weighted by atomic mass is 16.4. The quantitative estimate of drug-likeness (QED) is 0.415. The van der Waals surface area contributed by atoms with Gasteiger partial charge in [-0.3, -0.25) is 9.59 Å². The van der Waals surface area contributed by atoms with Gasteiger partial charge in [0, 0.05) is 0 Å². The molecule has 200 valence electrons. The van der Waals surface area contributed by atoms with Crippen LogP contribution in [-0.4, -0.2) is 44.6 Å². The summed E-state index contributed by atoms with van der Waals surface area (Å²) in [7, 11) is 0. The van der Waals surface area contributed by atoms with Gasteiger partial charge in [0.1, 0.15) is 0 Å². The van der Waals surface area contributed by atoms with Crippen LogP contribution in [0.1, 0.15) is 92.9 Å². The van der Waals surface area contributed by atoms with E-state index in [1.807, 2.05) is 0 Å². The molecule has 0 spiro atoms. The normalized spacial score (nSPS) is 51.4. The zero-order chi connectivity index (χ0) is 26.7. The molecule has 0 amide bonds. The number of carbonyl (C=O) groups is 2. The average Bonchev–Trinajstić information content (AvgIpc) is 2.77. The van der Waals surface area contributed by atoms with Crippen molar-refractivity contribution in [3.63, 3.8) is 0 Å². The number of carboxylic acids is 2. The topological polar surface area (TPSA) is 115 Å². The van der Waals surface area contributed by atoms with Crippen molar-refractivity contribution in [2.24, 2.45) is 44.3 Å². The average molecular weight is 501 g/mol. The smallest absolute Gasteiger partial charge is 0.314 e. The largest absolute Gasteiger partial charge is 0.481 e. The summed E-state index contributed by atoms with van der Waals surface area (Å²) in [5.41, 5.74) is -0.923. The highest BCUT2D eigenvalue weighted by Crippen LogP contribution is 2.75. The first kappa shape index (κ1) is 26.0. The van der Waals surface area contributed by atoms with Crippen molar-refractivity contribution in [2.45, 2.75) is 105 Å². The molecule has 5 aliphatic carbocycles. The Morgan fingerprint density at radius 2 is 1.47 bits per heavy atom. The van der Waals surface area contributed by atoms with Crippen molar-refractivity contribution in [3.05, 3.63) is 23.3 Å². The van der Waals surface area contributed by atoms with Gasteiger partial charge in [0.25, 0.3) is 0 Å². The summed E-state index contributed by atoms with van der Waals surface area (Å²) < 4.78 is 0. The van der Waals surface area contributed by atoms with Gasteiger partial charge in [-0.15, -0.1) is 0 Å². The van der Waals surface area contributed by atoms with Crippen LogP contribution in [0.25, 0.3) is 0 Å².